The normalized spacial score (nSPS) is 10.9. The Morgan fingerprint density at radius 3 is 3.00 bits per heavy atom. The van der Waals surface area contributed by atoms with E-state index in [2.05, 4.69) is 57.7 Å². The molecule has 0 amide bonds. The van der Waals surface area contributed by atoms with Crippen LogP contribution in [0.5, 0.6) is 0 Å². The minimum absolute atomic E-state index is 0.915. The quantitative estimate of drug-likeness (QED) is 0.798. The van der Waals surface area contributed by atoms with Gasteiger partial charge in [0.1, 0.15) is 0 Å². The fourth-order valence-electron chi connectivity index (χ4n) is 1.09. The first-order valence-electron chi connectivity index (χ1n) is 4.33. The summed E-state index contributed by atoms with van der Waals surface area (Å²) < 4.78 is 0. The lowest BCUT2D eigenvalue weighted by Gasteiger charge is -1.97. The van der Waals surface area contributed by atoms with Gasteiger partial charge >= 0.3 is 0 Å². The van der Waals surface area contributed by atoms with Crippen LogP contribution >= 0.6 is 15.9 Å². The topological polar surface area (TPSA) is 12.0 Å². The molecule has 1 aromatic carbocycles. The molecule has 0 saturated heterocycles. The molecule has 70 valence electrons. The van der Waals surface area contributed by atoms with Crippen molar-refractivity contribution >= 4 is 22.0 Å². The van der Waals surface area contributed by atoms with Crippen molar-refractivity contribution in [1.29, 1.82) is 0 Å². The van der Waals surface area contributed by atoms with E-state index >= 15 is 0 Å². The molecule has 0 fully saturated rings. The average molecular weight is 240 g/mol. The third-order valence-corrected chi connectivity index (χ3v) is 2.39. The lowest BCUT2D eigenvalue weighted by molar-refractivity contribution is 0.922. The number of hydrogen-bond donors (Lipinski definition) is 1. The molecule has 1 aromatic rings. The van der Waals surface area contributed by atoms with Crippen molar-refractivity contribution in [2.45, 2.75) is 5.33 Å². The van der Waals surface area contributed by atoms with Gasteiger partial charge in [0.25, 0.3) is 0 Å². The Labute approximate surface area is 88.0 Å². The maximum absolute atomic E-state index is 3.44. The molecule has 13 heavy (non-hydrogen) atoms. The number of hydrogen-bond acceptors (Lipinski definition) is 1. The van der Waals surface area contributed by atoms with Gasteiger partial charge in [0.05, 0.1) is 0 Å². The van der Waals surface area contributed by atoms with Crippen molar-refractivity contribution in [1.82, 2.24) is 5.32 Å². The minimum Gasteiger partial charge on any atom is -0.316 e. The largest absolute Gasteiger partial charge is 0.316 e. The lowest BCUT2D eigenvalue weighted by Crippen LogP contribution is -2.03. The van der Waals surface area contributed by atoms with Gasteiger partial charge in [-0.2, -0.15) is 0 Å². The molecular formula is C11H14BrN. The maximum atomic E-state index is 3.44. The SMILES string of the molecule is CNCC=Cc1cccc(CBr)c1. The molecule has 0 saturated carbocycles. The van der Waals surface area contributed by atoms with Crippen molar-refractivity contribution in [3.05, 3.63) is 41.5 Å². The van der Waals surface area contributed by atoms with Gasteiger partial charge < -0.3 is 5.32 Å². The zero-order chi connectivity index (χ0) is 9.52. The second kappa shape index (κ2) is 5.95. The molecule has 0 spiro atoms. The van der Waals surface area contributed by atoms with Gasteiger partial charge in [-0.25, -0.2) is 0 Å². The fourth-order valence-corrected chi connectivity index (χ4v) is 1.44. The third kappa shape index (κ3) is 3.75. The molecule has 1 nitrogen and oxygen atoms in total. The first-order chi connectivity index (χ1) is 6.36. The summed E-state index contributed by atoms with van der Waals surface area (Å²) in [6, 6.07) is 8.49. The van der Waals surface area contributed by atoms with Crippen LogP contribution in [0, 0.1) is 0 Å². The Kier molecular flexibility index (Phi) is 4.79. The van der Waals surface area contributed by atoms with E-state index in [9.17, 15) is 0 Å². The molecule has 1 rings (SSSR count). The van der Waals surface area contributed by atoms with Crippen LogP contribution in [-0.4, -0.2) is 13.6 Å². The van der Waals surface area contributed by atoms with Crippen LogP contribution in [0.3, 0.4) is 0 Å². The third-order valence-electron chi connectivity index (χ3n) is 1.74. The Morgan fingerprint density at radius 1 is 1.46 bits per heavy atom. The van der Waals surface area contributed by atoms with E-state index in [0.717, 1.165) is 11.9 Å². The monoisotopic (exact) mass is 239 g/mol. The number of halogens is 1. The molecular weight excluding hydrogens is 226 g/mol. The predicted molar refractivity (Wildman–Crippen MR) is 62.0 cm³/mol. The summed E-state index contributed by atoms with van der Waals surface area (Å²) in [5.74, 6) is 0. The molecule has 0 atom stereocenters. The summed E-state index contributed by atoms with van der Waals surface area (Å²) in [7, 11) is 1.94. The van der Waals surface area contributed by atoms with E-state index in [1.54, 1.807) is 0 Å². The minimum atomic E-state index is 0.915. The van der Waals surface area contributed by atoms with E-state index in [4.69, 9.17) is 0 Å². The Balaban J connectivity index is 2.66. The first-order valence-corrected chi connectivity index (χ1v) is 5.45. The van der Waals surface area contributed by atoms with Gasteiger partial charge in [-0.1, -0.05) is 52.3 Å². The van der Waals surface area contributed by atoms with Crippen LogP contribution in [0.25, 0.3) is 6.08 Å². The molecule has 0 aliphatic heterocycles. The first kappa shape index (κ1) is 10.5. The van der Waals surface area contributed by atoms with Crippen molar-refractivity contribution in [2.75, 3.05) is 13.6 Å². The molecule has 0 aliphatic carbocycles. The molecule has 1 N–H and O–H groups in total. The van der Waals surface area contributed by atoms with Crippen LogP contribution in [0.4, 0.5) is 0 Å². The maximum Gasteiger partial charge on any atom is 0.0283 e. The highest BCUT2D eigenvalue weighted by Crippen LogP contribution is 2.09. The van der Waals surface area contributed by atoms with Gasteiger partial charge in [-0.15, -0.1) is 0 Å². The highest BCUT2D eigenvalue weighted by atomic mass is 79.9. The van der Waals surface area contributed by atoms with Gasteiger partial charge in [0.15, 0.2) is 0 Å². The Morgan fingerprint density at radius 2 is 2.31 bits per heavy atom. The van der Waals surface area contributed by atoms with E-state index in [0.29, 0.717) is 0 Å². The van der Waals surface area contributed by atoms with Crippen LogP contribution < -0.4 is 5.32 Å². The summed E-state index contributed by atoms with van der Waals surface area (Å²) in [4.78, 5) is 0. The zero-order valence-electron chi connectivity index (χ0n) is 7.76. The smallest absolute Gasteiger partial charge is 0.0283 e. The van der Waals surface area contributed by atoms with Crippen LogP contribution in [0.2, 0.25) is 0 Å². The Bertz CT molecular complexity index is 281. The second-order valence-corrected chi connectivity index (χ2v) is 3.40. The van der Waals surface area contributed by atoms with Crippen LogP contribution in [0.15, 0.2) is 30.3 Å². The summed E-state index contributed by atoms with van der Waals surface area (Å²) in [5.41, 5.74) is 2.57. The van der Waals surface area contributed by atoms with Gasteiger partial charge in [0, 0.05) is 11.9 Å². The fraction of sp³-hybridized carbons (Fsp3) is 0.273. The van der Waals surface area contributed by atoms with Crippen molar-refractivity contribution < 1.29 is 0 Å². The summed E-state index contributed by atoms with van der Waals surface area (Å²) in [5, 5.41) is 3.99. The number of benzene rings is 1. The lowest BCUT2D eigenvalue weighted by atomic mass is 10.1. The highest BCUT2D eigenvalue weighted by Gasteiger charge is 1.89. The van der Waals surface area contributed by atoms with Gasteiger partial charge in [-0.3, -0.25) is 0 Å². The molecule has 0 unspecified atom stereocenters. The van der Waals surface area contributed by atoms with E-state index in [1.807, 2.05) is 7.05 Å². The van der Waals surface area contributed by atoms with Crippen molar-refractivity contribution in [3.63, 3.8) is 0 Å². The highest BCUT2D eigenvalue weighted by molar-refractivity contribution is 9.08. The van der Waals surface area contributed by atoms with Crippen molar-refractivity contribution in [3.8, 4) is 0 Å². The zero-order valence-corrected chi connectivity index (χ0v) is 9.34. The van der Waals surface area contributed by atoms with Crippen molar-refractivity contribution in [2.24, 2.45) is 0 Å². The molecule has 0 aromatic heterocycles. The predicted octanol–water partition coefficient (Wildman–Crippen LogP) is 2.81. The summed E-state index contributed by atoms with van der Waals surface area (Å²) in [6.07, 6.45) is 4.25. The van der Waals surface area contributed by atoms with Crippen LogP contribution in [0.1, 0.15) is 11.1 Å². The van der Waals surface area contributed by atoms with E-state index in [-0.39, 0.29) is 0 Å². The number of alkyl halides is 1. The van der Waals surface area contributed by atoms with E-state index < -0.39 is 0 Å². The summed E-state index contributed by atoms with van der Waals surface area (Å²) >= 11 is 3.44. The van der Waals surface area contributed by atoms with Gasteiger partial charge in [0.2, 0.25) is 0 Å². The Hall–Kier alpha value is -0.600. The number of rotatable bonds is 4. The van der Waals surface area contributed by atoms with Gasteiger partial charge in [-0.05, 0) is 18.2 Å². The second-order valence-electron chi connectivity index (χ2n) is 2.84. The number of nitrogens with one attached hydrogen (secondary N) is 1. The molecule has 0 heterocycles. The molecule has 0 aliphatic rings. The molecule has 2 heteroatoms. The molecule has 0 bridgehead atoms. The summed E-state index contributed by atoms with van der Waals surface area (Å²) in [6.45, 7) is 0.915. The molecule has 0 radical (unpaired) electrons. The number of likely N-dealkylation sites (N-methyl/N-ethyl adjacent to an activating group) is 1. The van der Waals surface area contributed by atoms with E-state index in [1.165, 1.54) is 11.1 Å². The average Bonchev–Trinajstić information content (AvgIpc) is 2.19. The van der Waals surface area contributed by atoms with Crippen LogP contribution in [-0.2, 0) is 5.33 Å². The standard InChI is InChI=1S/C11H14BrN/c1-13-7-3-6-10-4-2-5-11(8-10)9-12/h2-6,8,13H,7,9H2,1H3.